The number of hydrogen-bond acceptors (Lipinski definition) is 4. The lowest BCUT2D eigenvalue weighted by atomic mass is 10.0. The second-order valence-electron chi connectivity index (χ2n) is 7.53. The molecule has 0 saturated heterocycles. The number of rotatable bonds is 2. The molecule has 0 aliphatic rings. The van der Waals surface area contributed by atoms with Crippen LogP contribution in [0.15, 0.2) is 70.2 Å². The van der Waals surface area contributed by atoms with Crippen LogP contribution in [0.2, 0.25) is 0 Å². The molecule has 0 spiro atoms. The quantitative estimate of drug-likeness (QED) is 0.347. The number of benzene rings is 2. The number of fused-ring (bicyclic) bond motifs is 2. The molecule has 3 heterocycles. The van der Waals surface area contributed by atoms with Gasteiger partial charge in [-0.05, 0) is 54.1 Å². The van der Waals surface area contributed by atoms with Crippen molar-refractivity contribution in [1.82, 2.24) is 19.1 Å². The van der Waals surface area contributed by atoms with E-state index in [2.05, 4.69) is 25.9 Å². The van der Waals surface area contributed by atoms with Crippen LogP contribution in [-0.4, -0.2) is 19.1 Å². The highest BCUT2D eigenvalue weighted by Crippen LogP contribution is 2.34. The number of nitrogens with two attached hydrogens (primary N) is 1. The van der Waals surface area contributed by atoms with Crippen molar-refractivity contribution < 1.29 is 13.2 Å². The molecule has 0 aliphatic carbocycles. The number of aromatic nitrogens is 4. The van der Waals surface area contributed by atoms with E-state index >= 15 is 0 Å². The Kier molecular flexibility index (Phi) is 4.78. The lowest BCUT2D eigenvalue weighted by molar-refractivity contribution is -0.141. The van der Waals surface area contributed by atoms with Gasteiger partial charge in [0.1, 0.15) is 11.3 Å². The fourth-order valence-electron chi connectivity index (χ4n) is 3.84. The first kappa shape index (κ1) is 21.2. The molecule has 6 nitrogen and oxygen atoms in total. The monoisotopic (exact) mass is 513 g/mol. The van der Waals surface area contributed by atoms with Gasteiger partial charge >= 0.3 is 6.18 Å². The highest BCUT2D eigenvalue weighted by atomic mass is 79.9. The summed E-state index contributed by atoms with van der Waals surface area (Å²) in [5.74, 6) is 0. The fourth-order valence-corrected chi connectivity index (χ4v) is 4.10. The van der Waals surface area contributed by atoms with Crippen molar-refractivity contribution in [2.24, 2.45) is 7.05 Å². The SMILES string of the molecule is Cn1cnc2ccc(-c3c(N)c4ccc(C(F)(F)F)nc4n(-c4ccc(Br)cc4)c3=O)cc21. The normalized spacial score (nSPS) is 12.0. The Balaban J connectivity index is 1.90. The molecule has 5 rings (SSSR count). The van der Waals surface area contributed by atoms with E-state index in [1.807, 2.05) is 7.05 Å². The van der Waals surface area contributed by atoms with Crippen molar-refractivity contribution in [2.45, 2.75) is 6.18 Å². The zero-order chi connectivity index (χ0) is 23.5. The summed E-state index contributed by atoms with van der Waals surface area (Å²) in [4.78, 5) is 21.8. The van der Waals surface area contributed by atoms with Crippen LogP contribution in [0.25, 0.3) is 38.9 Å². The first-order valence-electron chi connectivity index (χ1n) is 9.75. The van der Waals surface area contributed by atoms with Crippen LogP contribution in [0, 0.1) is 0 Å². The van der Waals surface area contributed by atoms with Crippen LogP contribution in [0.4, 0.5) is 18.9 Å². The Hall–Kier alpha value is -3.66. The molecular weight excluding hydrogens is 499 g/mol. The van der Waals surface area contributed by atoms with E-state index in [0.717, 1.165) is 26.1 Å². The fraction of sp³-hybridized carbons (Fsp3) is 0.0870. The van der Waals surface area contributed by atoms with Crippen LogP contribution >= 0.6 is 15.9 Å². The molecule has 33 heavy (non-hydrogen) atoms. The highest BCUT2D eigenvalue weighted by molar-refractivity contribution is 9.10. The largest absolute Gasteiger partial charge is 0.433 e. The van der Waals surface area contributed by atoms with E-state index < -0.39 is 17.4 Å². The summed E-state index contributed by atoms with van der Waals surface area (Å²) >= 11 is 3.33. The van der Waals surface area contributed by atoms with Gasteiger partial charge in [-0.2, -0.15) is 13.2 Å². The van der Waals surface area contributed by atoms with Gasteiger partial charge in [-0.3, -0.25) is 9.36 Å². The first-order valence-corrected chi connectivity index (χ1v) is 10.5. The summed E-state index contributed by atoms with van der Waals surface area (Å²) in [7, 11) is 1.82. The second-order valence-corrected chi connectivity index (χ2v) is 8.45. The molecule has 0 atom stereocenters. The molecule has 10 heteroatoms. The predicted molar refractivity (Wildman–Crippen MR) is 124 cm³/mol. The summed E-state index contributed by atoms with van der Waals surface area (Å²) in [6.07, 6.45) is -3.02. The predicted octanol–water partition coefficient (Wildman–Crippen LogP) is 5.30. The van der Waals surface area contributed by atoms with E-state index in [0.29, 0.717) is 11.3 Å². The Morgan fingerprint density at radius 2 is 1.76 bits per heavy atom. The third kappa shape index (κ3) is 3.46. The molecule has 0 amide bonds. The molecule has 5 aromatic rings. The number of anilines is 1. The topological polar surface area (TPSA) is 78.7 Å². The maximum absolute atomic E-state index is 13.7. The molecule has 0 aliphatic heterocycles. The minimum atomic E-state index is -4.67. The number of aryl methyl sites for hydroxylation is 1. The molecule has 2 aromatic carbocycles. The first-order chi connectivity index (χ1) is 15.6. The van der Waals surface area contributed by atoms with Crippen LogP contribution < -0.4 is 11.3 Å². The Morgan fingerprint density at radius 3 is 2.45 bits per heavy atom. The van der Waals surface area contributed by atoms with Crippen molar-refractivity contribution >= 4 is 43.7 Å². The molecule has 0 fully saturated rings. The molecule has 3 aromatic heterocycles. The number of nitrogens with zero attached hydrogens (tertiary/aromatic N) is 4. The van der Waals surface area contributed by atoms with E-state index in [4.69, 9.17) is 5.73 Å². The molecule has 0 unspecified atom stereocenters. The number of alkyl halides is 3. The van der Waals surface area contributed by atoms with E-state index in [9.17, 15) is 18.0 Å². The third-order valence-electron chi connectivity index (χ3n) is 5.45. The van der Waals surface area contributed by atoms with Gasteiger partial charge in [-0.25, -0.2) is 9.97 Å². The average molecular weight is 514 g/mol. The standard InChI is InChI=1S/C23H15BrF3N5O/c1-31-11-29-16-8-2-12(10-17(16)31)19-20(28)15-7-9-18(23(25,26)27)30-21(15)32(22(19)33)14-5-3-13(24)4-6-14/h2-11H,28H2,1H3. The summed E-state index contributed by atoms with van der Waals surface area (Å²) in [6, 6.07) is 14.0. The van der Waals surface area contributed by atoms with Crippen LogP contribution in [-0.2, 0) is 13.2 Å². The van der Waals surface area contributed by atoms with Gasteiger partial charge in [-0.15, -0.1) is 0 Å². The zero-order valence-electron chi connectivity index (χ0n) is 17.1. The molecule has 0 saturated carbocycles. The van der Waals surface area contributed by atoms with Gasteiger partial charge in [0.2, 0.25) is 0 Å². The lowest BCUT2D eigenvalue weighted by Crippen LogP contribution is -2.24. The number of halogens is 4. The molecular formula is C23H15BrF3N5O. The molecule has 2 N–H and O–H groups in total. The maximum Gasteiger partial charge on any atom is 0.433 e. The Bertz CT molecular complexity index is 1600. The van der Waals surface area contributed by atoms with Crippen LogP contribution in [0.3, 0.4) is 0 Å². The van der Waals surface area contributed by atoms with E-state index in [-0.39, 0.29) is 22.3 Å². The second kappa shape index (κ2) is 7.45. The Morgan fingerprint density at radius 1 is 1.03 bits per heavy atom. The van der Waals surface area contributed by atoms with Gasteiger partial charge < -0.3 is 10.3 Å². The minimum Gasteiger partial charge on any atom is -0.397 e. The Labute approximate surface area is 193 Å². The van der Waals surface area contributed by atoms with Crippen molar-refractivity contribution in [3.63, 3.8) is 0 Å². The summed E-state index contributed by atoms with van der Waals surface area (Å²) < 4.78 is 43.9. The van der Waals surface area contributed by atoms with Gasteiger partial charge in [-0.1, -0.05) is 22.0 Å². The minimum absolute atomic E-state index is 0.0612. The van der Waals surface area contributed by atoms with Crippen molar-refractivity contribution in [3.05, 3.63) is 81.4 Å². The van der Waals surface area contributed by atoms with Gasteiger partial charge in [0.05, 0.1) is 34.3 Å². The molecule has 0 radical (unpaired) electrons. The number of imidazole rings is 1. The van der Waals surface area contributed by atoms with E-state index in [1.165, 1.54) is 6.07 Å². The van der Waals surface area contributed by atoms with Crippen molar-refractivity contribution in [1.29, 1.82) is 0 Å². The molecule has 0 bridgehead atoms. The smallest absolute Gasteiger partial charge is 0.397 e. The van der Waals surface area contributed by atoms with Crippen molar-refractivity contribution in [3.8, 4) is 16.8 Å². The lowest BCUT2D eigenvalue weighted by Gasteiger charge is -2.17. The number of hydrogen-bond donors (Lipinski definition) is 1. The number of pyridine rings is 2. The summed E-state index contributed by atoms with van der Waals surface area (Å²) in [6.45, 7) is 0. The zero-order valence-corrected chi connectivity index (χ0v) is 18.6. The maximum atomic E-state index is 13.7. The summed E-state index contributed by atoms with van der Waals surface area (Å²) in [5.41, 5.74) is 7.18. The highest BCUT2D eigenvalue weighted by Gasteiger charge is 2.33. The van der Waals surface area contributed by atoms with Crippen molar-refractivity contribution in [2.75, 3.05) is 5.73 Å². The van der Waals surface area contributed by atoms with Gasteiger partial charge in [0, 0.05) is 16.9 Å². The van der Waals surface area contributed by atoms with Gasteiger partial charge in [0.25, 0.3) is 5.56 Å². The van der Waals surface area contributed by atoms with E-state index in [1.54, 1.807) is 53.4 Å². The number of nitrogen functional groups attached to an aromatic ring is 1. The summed E-state index contributed by atoms with van der Waals surface area (Å²) in [5, 5.41) is 0.241. The molecule has 166 valence electrons. The average Bonchev–Trinajstić information content (AvgIpc) is 3.14. The van der Waals surface area contributed by atoms with Crippen LogP contribution in [0.5, 0.6) is 0 Å². The van der Waals surface area contributed by atoms with Crippen LogP contribution in [0.1, 0.15) is 5.69 Å². The third-order valence-corrected chi connectivity index (χ3v) is 5.98. The van der Waals surface area contributed by atoms with Gasteiger partial charge in [0.15, 0.2) is 0 Å².